The summed E-state index contributed by atoms with van der Waals surface area (Å²) in [4.78, 5) is 29.1. The van der Waals surface area contributed by atoms with E-state index in [0.29, 0.717) is 12.1 Å². The molecule has 0 aromatic carbocycles. The van der Waals surface area contributed by atoms with Gasteiger partial charge in [0.15, 0.2) is 0 Å². The number of carboxylic acid groups (broad SMARTS) is 1. The summed E-state index contributed by atoms with van der Waals surface area (Å²) in [7, 11) is 1.73. The summed E-state index contributed by atoms with van der Waals surface area (Å²) in [5, 5.41) is 10.4. The Kier molecular flexibility index (Phi) is 4.84. The third-order valence-electron chi connectivity index (χ3n) is 2.76. The summed E-state index contributed by atoms with van der Waals surface area (Å²) in [5.74, 6) is -1.05. The quantitative estimate of drug-likeness (QED) is 0.862. The minimum atomic E-state index is -0.979. The molecule has 0 atom stereocenters. The van der Waals surface area contributed by atoms with Crippen LogP contribution in [0.4, 0.5) is 0 Å². The Labute approximate surface area is 126 Å². The van der Waals surface area contributed by atoms with E-state index in [9.17, 15) is 9.59 Å². The molecule has 2 aromatic rings. The molecule has 0 radical (unpaired) electrons. The SMILES string of the molecule is CN(Cc1cc(C=CC(=O)O)cs1)C(=O)c1ccncc1. The monoisotopic (exact) mass is 302 g/mol. The second-order valence-electron chi connectivity index (χ2n) is 4.42. The normalized spacial score (nSPS) is 10.7. The van der Waals surface area contributed by atoms with Crippen LogP contribution in [0.1, 0.15) is 20.8 Å². The summed E-state index contributed by atoms with van der Waals surface area (Å²) in [6.45, 7) is 0.479. The molecule has 0 spiro atoms. The van der Waals surface area contributed by atoms with E-state index in [4.69, 9.17) is 5.11 Å². The summed E-state index contributed by atoms with van der Waals surface area (Å²) in [6, 6.07) is 5.23. The Morgan fingerprint density at radius 1 is 1.38 bits per heavy atom. The van der Waals surface area contributed by atoms with Gasteiger partial charge in [0.1, 0.15) is 0 Å². The molecule has 0 bridgehead atoms. The Morgan fingerprint density at radius 3 is 2.76 bits per heavy atom. The van der Waals surface area contributed by atoms with Gasteiger partial charge in [0.2, 0.25) is 0 Å². The van der Waals surface area contributed by atoms with Gasteiger partial charge in [0.05, 0.1) is 6.54 Å². The van der Waals surface area contributed by atoms with Crippen LogP contribution in [-0.2, 0) is 11.3 Å². The van der Waals surface area contributed by atoms with E-state index >= 15 is 0 Å². The van der Waals surface area contributed by atoms with Crippen molar-refractivity contribution < 1.29 is 14.7 Å². The zero-order valence-corrected chi connectivity index (χ0v) is 12.2. The molecule has 2 heterocycles. The number of rotatable bonds is 5. The summed E-state index contributed by atoms with van der Waals surface area (Å²) >= 11 is 1.49. The number of pyridine rings is 1. The van der Waals surface area contributed by atoms with Crippen LogP contribution >= 0.6 is 11.3 Å². The lowest BCUT2D eigenvalue weighted by molar-refractivity contribution is -0.131. The first-order valence-corrected chi connectivity index (χ1v) is 7.08. The van der Waals surface area contributed by atoms with E-state index in [0.717, 1.165) is 16.5 Å². The van der Waals surface area contributed by atoms with Crippen LogP contribution in [-0.4, -0.2) is 33.9 Å². The molecular formula is C15H14N2O3S. The second kappa shape index (κ2) is 6.81. The summed E-state index contributed by atoms with van der Waals surface area (Å²) < 4.78 is 0. The van der Waals surface area contributed by atoms with Crippen LogP contribution in [0, 0.1) is 0 Å². The average Bonchev–Trinajstić information content (AvgIpc) is 2.92. The zero-order valence-electron chi connectivity index (χ0n) is 11.4. The van der Waals surface area contributed by atoms with Gasteiger partial charge in [0, 0.05) is 36.0 Å². The number of hydrogen-bond acceptors (Lipinski definition) is 4. The fraction of sp³-hybridized carbons (Fsp3) is 0.133. The van der Waals surface area contributed by atoms with Gasteiger partial charge in [-0.2, -0.15) is 0 Å². The highest BCUT2D eigenvalue weighted by atomic mass is 32.1. The maximum atomic E-state index is 12.2. The number of nitrogens with zero attached hydrogens (tertiary/aromatic N) is 2. The number of carbonyl (C=O) groups is 2. The zero-order chi connectivity index (χ0) is 15.2. The minimum absolute atomic E-state index is 0.0755. The molecule has 108 valence electrons. The van der Waals surface area contributed by atoms with E-state index < -0.39 is 5.97 Å². The number of hydrogen-bond donors (Lipinski definition) is 1. The van der Waals surface area contributed by atoms with Crippen LogP contribution < -0.4 is 0 Å². The first kappa shape index (κ1) is 14.9. The van der Waals surface area contributed by atoms with Gasteiger partial charge in [-0.15, -0.1) is 11.3 Å². The van der Waals surface area contributed by atoms with E-state index in [-0.39, 0.29) is 5.91 Å². The first-order chi connectivity index (χ1) is 10.1. The molecule has 1 amide bonds. The van der Waals surface area contributed by atoms with Crippen molar-refractivity contribution in [2.75, 3.05) is 7.05 Å². The van der Waals surface area contributed by atoms with Crippen LogP contribution in [0.25, 0.3) is 6.08 Å². The molecular weight excluding hydrogens is 288 g/mol. The molecule has 2 rings (SSSR count). The van der Waals surface area contributed by atoms with Gasteiger partial charge < -0.3 is 10.0 Å². The Bertz CT molecular complexity index is 665. The van der Waals surface area contributed by atoms with Crippen molar-refractivity contribution in [1.29, 1.82) is 0 Å². The molecule has 6 heteroatoms. The molecule has 0 saturated heterocycles. The molecule has 5 nitrogen and oxygen atoms in total. The van der Waals surface area contributed by atoms with Crippen LogP contribution in [0.15, 0.2) is 42.0 Å². The summed E-state index contributed by atoms with van der Waals surface area (Å²) in [6.07, 6.45) is 5.80. The van der Waals surface area contributed by atoms with Crippen LogP contribution in [0.3, 0.4) is 0 Å². The van der Waals surface area contributed by atoms with Crippen LogP contribution in [0.2, 0.25) is 0 Å². The lowest BCUT2D eigenvalue weighted by Gasteiger charge is -2.15. The molecule has 0 aliphatic rings. The van der Waals surface area contributed by atoms with E-state index in [1.54, 1.807) is 36.5 Å². The predicted octanol–water partition coefficient (Wildman–Crippen LogP) is 2.51. The average molecular weight is 302 g/mol. The highest BCUT2D eigenvalue weighted by molar-refractivity contribution is 7.10. The van der Waals surface area contributed by atoms with E-state index in [1.165, 1.54) is 17.4 Å². The van der Waals surface area contributed by atoms with Crippen molar-refractivity contribution in [2.45, 2.75) is 6.54 Å². The Balaban J connectivity index is 2.01. The molecule has 0 fully saturated rings. The molecule has 2 aromatic heterocycles. The smallest absolute Gasteiger partial charge is 0.328 e. The van der Waals surface area contributed by atoms with Gasteiger partial charge in [-0.1, -0.05) is 0 Å². The van der Waals surface area contributed by atoms with Crippen molar-refractivity contribution in [1.82, 2.24) is 9.88 Å². The molecule has 0 aliphatic carbocycles. The van der Waals surface area contributed by atoms with Crippen molar-refractivity contribution >= 4 is 29.3 Å². The Morgan fingerprint density at radius 2 is 2.10 bits per heavy atom. The van der Waals surface area contributed by atoms with Gasteiger partial charge in [0.25, 0.3) is 5.91 Å². The van der Waals surface area contributed by atoms with Crippen molar-refractivity contribution in [3.63, 3.8) is 0 Å². The number of carboxylic acids is 1. The molecule has 1 N–H and O–H groups in total. The molecule has 0 unspecified atom stereocenters. The number of amides is 1. The standard InChI is InChI=1S/C15H14N2O3S/c1-17(15(20)12-4-6-16-7-5-12)9-13-8-11(10-21-13)2-3-14(18)19/h2-8,10H,9H2,1H3,(H,18,19). The van der Waals surface area contributed by atoms with Crippen molar-refractivity contribution in [3.05, 3.63) is 58.1 Å². The minimum Gasteiger partial charge on any atom is -0.478 e. The highest BCUT2D eigenvalue weighted by Crippen LogP contribution is 2.18. The first-order valence-electron chi connectivity index (χ1n) is 6.20. The summed E-state index contributed by atoms with van der Waals surface area (Å²) in [5.41, 5.74) is 1.41. The largest absolute Gasteiger partial charge is 0.478 e. The topological polar surface area (TPSA) is 70.5 Å². The van der Waals surface area contributed by atoms with Gasteiger partial charge in [-0.05, 0) is 35.2 Å². The third-order valence-corrected chi connectivity index (χ3v) is 3.70. The number of aliphatic carboxylic acids is 1. The van der Waals surface area contributed by atoms with Crippen LogP contribution in [0.5, 0.6) is 0 Å². The Hall–Kier alpha value is -2.47. The fourth-order valence-corrected chi connectivity index (χ4v) is 2.66. The lowest BCUT2D eigenvalue weighted by Crippen LogP contribution is -2.25. The van der Waals surface area contributed by atoms with E-state index in [2.05, 4.69) is 4.98 Å². The number of thiophene rings is 1. The third kappa shape index (κ3) is 4.25. The maximum absolute atomic E-state index is 12.2. The molecule has 21 heavy (non-hydrogen) atoms. The second-order valence-corrected chi connectivity index (χ2v) is 5.41. The fourth-order valence-electron chi connectivity index (χ4n) is 1.76. The lowest BCUT2D eigenvalue weighted by atomic mass is 10.2. The van der Waals surface area contributed by atoms with E-state index in [1.807, 2.05) is 11.4 Å². The van der Waals surface area contributed by atoms with Crippen molar-refractivity contribution in [2.24, 2.45) is 0 Å². The number of carbonyl (C=O) groups excluding carboxylic acids is 1. The van der Waals surface area contributed by atoms with Gasteiger partial charge in [-0.3, -0.25) is 9.78 Å². The highest BCUT2D eigenvalue weighted by Gasteiger charge is 2.12. The van der Waals surface area contributed by atoms with Crippen molar-refractivity contribution in [3.8, 4) is 0 Å². The predicted molar refractivity (Wildman–Crippen MR) is 81.0 cm³/mol. The number of aromatic nitrogens is 1. The molecule has 0 saturated carbocycles. The van der Waals surface area contributed by atoms with Gasteiger partial charge in [-0.25, -0.2) is 4.79 Å². The van der Waals surface area contributed by atoms with Gasteiger partial charge >= 0.3 is 5.97 Å². The maximum Gasteiger partial charge on any atom is 0.328 e. The molecule has 0 aliphatic heterocycles.